The van der Waals surface area contributed by atoms with Crippen molar-refractivity contribution in [1.82, 2.24) is 5.32 Å². The molecule has 0 saturated carbocycles. The minimum Gasteiger partial charge on any atom is -0.316 e. The van der Waals surface area contributed by atoms with E-state index in [1.165, 1.54) is 26.8 Å². The van der Waals surface area contributed by atoms with Crippen molar-refractivity contribution in [1.29, 1.82) is 0 Å². The fraction of sp³-hybridized carbons (Fsp3) is 0.158. The molecule has 0 heterocycles. The summed E-state index contributed by atoms with van der Waals surface area (Å²) in [5.41, 5.74) is 2.73. The van der Waals surface area contributed by atoms with Crippen molar-refractivity contribution in [2.45, 2.75) is 17.2 Å². The topological polar surface area (TPSA) is 12.0 Å². The van der Waals surface area contributed by atoms with Crippen molar-refractivity contribution >= 4 is 22.5 Å². The van der Waals surface area contributed by atoms with Crippen molar-refractivity contribution in [3.63, 3.8) is 0 Å². The summed E-state index contributed by atoms with van der Waals surface area (Å²) >= 11 is 1.90. The van der Waals surface area contributed by atoms with Gasteiger partial charge in [0.05, 0.1) is 0 Å². The monoisotopic (exact) mass is 293 g/mol. The van der Waals surface area contributed by atoms with Crippen LogP contribution in [-0.4, -0.2) is 7.05 Å². The SMILES string of the molecule is CNCc1cccc(SCc2cccc3ccccc23)c1. The third-order valence-corrected chi connectivity index (χ3v) is 4.60. The summed E-state index contributed by atoms with van der Waals surface area (Å²) in [6.45, 7) is 0.919. The Kier molecular flexibility index (Phi) is 4.59. The van der Waals surface area contributed by atoms with Crippen LogP contribution in [0.2, 0.25) is 0 Å². The molecule has 0 atom stereocenters. The third-order valence-electron chi connectivity index (χ3n) is 3.55. The van der Waals surface area contributed by atoms with Crippen molar-refractivity contribution in [2.75, 3.05) is 7.05 Å². The van der Waals surface area contributed by atoms with Crippen LogP contribution in [0, 0.1) is 0 Å². The first-order chi connectivity index (χ1) is 10.4. The Hall–Kier alpha value is -1.77. The van der Waals surface area contributed by atoms with Crippen molar-refractivity contribution < 1.29 is 0 Å². The summed E-state index contributed by atoms with van der Waals surface area (Å²) in [6.07, 6.45) is 0. The van der Waals surface area contributed by atoms with Crippen LogP contribution in [0.1, 0.15) is 11.1 Å². The van der Waals surface area contributed by atoms with Gasteiger partial charge in [0.15, 0.2) is 0 Å². The summed E-state index contributed by atoms with van der Waals surface area (Å²) in [7, 11) is 1.98. The molecule has 0 bridgehead atoms. The van der Waals surface area contributed by atoms with Gasteiger partial charge in [-0.3, -0.25) is 0 Å². The van der Waals surface area contributed by atoms with E-state index in [0.717, 1.165) is 12.3 Å². The number of nitrogens with one attached hydrogen (secondary N) is 1. The summed E-state index contributed by atoms with van der Waals surface area (Å²) in [4.78, 5) is 1.33. The molecule has 0 radical (unpaired) electrons. The molecule has 3 aromatic rings. The van der Waals surface area contributed by atoms with E-state index in [1.807, 2.05) is 18.8 Å². The van der Waals surface area contributed by atoms with Crippen LogP contribution in [0.5, 0.6) is 0 Å². The fourth-order valence-electron chi connectivity index (χ4n) is 2.53. The maximum Gasteiger partial charge on any atom is 0.0238 e. The average Bonchev–Trinajstić information content (AvgIpc) is 2.53. The van der Waals surface area contributed by atoms with Gasteiger partial charge in [0.2, 0.25) is 0 Å². The quantitative estimate of drug-likeness (QED) is 0.675. The predicted molar refractivity (Wildman–Crippen MR) is 92.7 cm³/mol. The van der Waals surface area contributed by atoms with Gasteiger partial charge in [0.1, 0.15) is 0 Å². The molecule has 0 amide bonds. The molecule has 0 aliphatic heterocycles. The first-order valence-corrected chi connectivity index (χ1v) is 8.18. The van der Waals surface area contributed by atoms with E-state index >= 15 is 0 Å². The van der Waals surface area contributed by atoms with E-state index in [9.17, 15) is 0 Å². The van der Waals surface area contributed by atoms with Crippen molar-refractivity contribution in [3.05, 3.63) is 77.9 Å². The van der Waals surface area contributed by atoms with Gasteiger partial charge in [-0.25, -0.2) is 0 Å². The second-order valence-electron chi connectivity index (χ2n) is 5.10. The highest BCUT2D eigenvalue weighted by molar-refractivity contribution is 7.98. The Balaban J connectivity index is 1.79. The molecule has 1 nitrogen and oxygen atoms in total. The molecule has 0 aliphatic rings. The van der Waals surface area contributed by atoms with Gasteiger partial charge >= 0.3 is 0 Å². The van der Waals surface area contributed by atoms with Crippen LogP contribution < -0.4 is 5.32 Å². The van der Waals surface area contributed by atoms with Gasteiger partial charge in [-0.15, -0.1) is 11.8 Å². The van der Waals surface area contributed by atoms with Gasteiger partial charge in [0.25, 0.3) is 0 Å². The molecule has 0 unspecified atom stereocenters. The summed E-state index contributed by atoms with van der Waals surface area (Å²) < 4.78 is 0. The Morgan fingerprint density at radius 2 is 1.71 bits per heavy atom. The van der Waals surface area contributed by atoms with Gasteiger partial charge in [-0.2, -0.15) is 0 Å². The average molecular weight is 293 g/mol. The van der Waals surface area contributed by atoms with Crippen LogP contribution >= 0.6 is 11.8 Å². The van der Waals surface area contributed by atoms with Crippen LogP contribution in [0.4, 0.5) is 0 Å². The van der Waals surface area contributed by atoms with E-state index in [1.54, 1.807) is 0 Å². The summed E-state index contributed by atoms with van der Waals surface area (Å²) in [5.74, 6) is 1.00. The van der Waals surface area contributed by atoms with E-state index in [0.29, 0.717) is 0 Å². The molecule has 3 rings (SSSR count). The van der Waals surface area contributed by atoms with Crippen molar-refractivity contribution in [3.8, 4) is 0 Å². The summed E-state index contributed by atoms with van der Waals surface area (Å²) in [6, 6.07) is 23.9. The van der Waals surface area contributed by atoms with Gasteiger partial charge < -0.3 is 5.32 Å². The lowest BCUT2D eigenvalue weighted by Crippen LogP contribution is -2.04. The molecule has 0 aliphatic carbocycles. The lowest BCUT2D eigenvalue weighted by atomic mass is 10.1. The lowest BCUT2D eigenvalue weighted by Gasteiger charge is -2.08. The first-order valence-electron chi connectivity index (χ1n) is 7.20. The molecule has 106 valence electrons. The number of hydrogen-bond donors (Lipinski definition) is 1. The van der Waals surface area contributed by atoms with Crippen LogP contribution in [0.3, 0.4) is 0 Å². The Labute approximate surface area is 130 Å². The van der Waals surface area contributed by atoms with E-state index < -0.39 is 0 Å². The largest absolute Gasteiger partial charge is 0.316 e. The third kappa shape index (κ3) is 3.46. The highest BCUT2D eigenvalue weighted by atomic mass is 32.2. The molecule has 0 spiro atoms. The van der Waals surface area contributed by atoms with Crippen LogP contribution in [0.15, 0.2) is 71.6 Å². The molecule has 0 aromatic heterocycles. The predicted octanol–water partition coefficient (Wildman–Crippen LogP) is 4.85. The van der Waals surface area contributed by atoms with E-state index in [-0.39, 0.29) is 0 Å². The fourth-order valence-corrected chi connectivity index (χ4v) is 3.51. The number of hydrogen-bond acceptors (Lipinski definition) is 2. The highest BCUT2D eigenvalue weighted by Gasteiger charge is 2.02. The molecule has 1 N–H and O–H groups in total. The zero-order valence-corrected chi connectivity index (χ0v) is 13.0. The molecule has 2 heteroatoms. The Morgan fingerprint density at radius 3 is 2.62 bits per heavy atom. The molecular weight excluding hydrogens is 274 g/mol. The smallest absolute Gasteiger partial charge is 0.0238 e. The first kappa shape index (κ1) is 14.2. The number of thioether (sulfide) groups is 1. The van der Waals surface area contributed by atoms with E-state index in [2.05, 4.69) is 72.0 Å². The normalized spacial score (nSPS) is 10.9. The standard InChI is InChI=1S/C19H19NS/c1-20-13-15-6-4-10-18(12-15)21-14-17-9-5-8-16-7-2-3-11-19(16)17/h2-12,20H,13-14H2,1H3. The number of fused-ring (bicyclic) bond motifs is 1. The van der Waals surface area contributed by atoms with Gasteiger partial charge in [-0.1, -0.05) is 54.6 Å². The maximum atomic E-state index is 3.20. The van der Waals surface area contributed by atoms with Gasteiger partial charge in [-0.05, 0) is 41.1 Å². The van der Waals surface area contributed by atoms with Crippen LogP contribution in [0.25, 0.3) is 10.8 Å². The maximum absolute atomic E-state index is 3.20. The number of benzene rings is 3. The minimum atomic E-state index is 0.919. The summed E-state index contributed by atoms with van der Waals surface area (Å²) in [5, 5.41) is 5.88. The van der Waals surface area contributed by atoms with Crippen LogP contribution in [-0.2, 0) is 12.3 Å². The Bertz CT molecular complexity index is 731. The molecular formula is C19H19NS. The van der Waals surface area contributed by atoms with E-state index in [4.69, 9.17) is 0 Å². The molecule has 0 saturated heterocycles. The van der Waals surface area contributed by atoms with Gasteiger partial charge in [0, 0.05) is 17.2 Å². The lowest BCUT2D eigenvalue weighted by molar-refractivity contribution is 0.815. The van der Waals surface area contributed by atoms with Crippen molar-refractivity contribution in [2.24, 2.45) is 0 Å². The minimum absolute atomic E-state index is 0.919. The zero-order valence-electron chi connectivity index (χ0n) is 12.2. The Morgan fingerprint density at radius 1 is 0.905 bits per heavy atom. The number of rotatable bonds is 5. The molecule has 21 heavy (non-hydrogen) atoms. The second kappa shape index (κ2) is 6.79. The molecule has 0 fully saturated rings. The zero-order chi connectivity index (χ0) is 14.5. The second-order valence-corrected chi connectivity index (χ2v) is 6.15. The molecule has 3 aromatic carbocycles. The highest BCUT2D eigenvalue weighted by Crippen LogP contribution is 2.27.